The van der Waals surface area contributed by atoms with Gasteiger partial charge in [0.05, 0.1) is 11.9 Å². The zero-order valence-electron chi connectivity index (χ0n) is 6.15. The number of rotatable bonds is 0. The predicted molar refractivity (Wildman–Crippen MR) is 41.7 cm³/mol. The van der Waals surface area contributed by atoms with E-state index >= 15 is 0 Å². The van der Waals surface area contributed by atoms with E-state index in [-0.39, 0.29) is 0 Å². The lowest BCUT2D eigenvalue weighted by Crippen LogP contribution is -1.91. The van der Waals surface area contributed by atoms with Crippen LogP contribution in [0.15, 0.2) is 24.5 Å². The second kappa shape index (κ2) is 1.99. The van der Waals surface area contributed by atoms with Gasteiger partial charge in [0, 0.05) is 11.6 Å². The minimum Gasteiger partial charge on any atom is -0.428 e. The van der Waals surface area contributed by atoms with Gasteiger partial charge in [0.2, 0.25) is 0 Å². The Morgan fingerprint density at radius 2 is 2.36 bits per heavy atom. The van der Waals surface area contributed by atoms with E-state index in [9.17, 15) is 5.21 Å². The van der Waals surface area contributed by atoms with E-state index in [1.54, 1.807) is 12.4 Å². The number of aromatic nitrogens is 2. The van der Waals surface area contributed by atoms with Crippen LogP contribution in [0, 0.1) is 6.92 Å². The average Bonchev–Trinajstić information content (AvgIpc) is 2.30. The highest BCUT2D eigenvalue weighted by Gasteiger charge is 2.01. The van der Waals surface area contributed by atoms with Crippen LogP contribution in [0.25, 0.3) is 10.9 Å². The van der Waals surface area contributed by atoms with Crippen molar-refractivity contribution in [2.75, 3.05) is 0 Å². The molecule has 2 aromatic rings. The van der Waals surface area contributed by atoms with Crippen LogP contribution in [-0.4, -0.2) is 14.9 Å². The normalized spacial score (nSPS) is 10.6. The molecule has 0 spiro atoms. The van der Waals surface area contributed by atoms with Gasteiger partial charge in [-0.15, -0.1) is 0 Å². The van der Waals surface area contributed by atoms with Crippen molar-refractivity contribution < 1.29 is 5.21 Å². The molecule has 1 N–H and O–H groups in total. The Kier molecular flexibility index (Phi) is 1.12. The van der Waals surface area contributed by atoms with Crippen molar-refractivity contribution in [3.63, 3.8) is 0 Å². The van der Waals surface area contributed by atoms with Gasteiger partial charge in [-0.2, -0.15) is 4.73 Å². The Balaban J connectivity index is 2.92. The lowest BCUT2D eigenvalue weighted by Gasteiger charge is -1.94. The number of pyridine rings is 1. The maximum absolute atomic E-state index is 9.37. The largest absolute Gasteiger partial charge is 0.428 e. The van der Waals surface area contributed by atoms with E-state index in [4.69, 9.17) is 0 Å². The molecule has 0 aliphatic heterocycles. The second-order valence-corrected chi connectivity index (χ2v) is 2.53. The monoisotopic (exact) mass is 148 g/mol. The summed E-state index contributed by atoms with van der Waals surface area (Å²) in [6.07, 6.45) is 3.35. The van der Waals surface area contributed by atoms with Crippen LogP contribution >= 0.6 is 0 Å². The fourth-order valence-electron chi connectivity index (χ4n) is 1.17. The summed E-state index contributed by atoms with van der Waals surface area (Å²) in [5.74, 6) is 0. The molecule has 3 heteroatoms. The third-order valence-electron chi connectivity index (χ3n) is 1.76. The Bertz CT molecular complexity index is 392. The molecule has 0 saturated heterocycles. The molecule has 0 aliphatic rings. The highest BCUT2D eigenvalue weighted by atomic mass is 16.5. The van der Waals surface area contributed by atoms with Crippen molar-refractivity contribution in [1.82, 2.24) is 9.71 Å². The van der Waals surface area contributed by atoms with Gasteiger partial charge < -0.3 is 5.21 Å². The van der Waals surface area contributed by atoms with Crippen LogP contribution in [0.3, 0.4) is 0 Å². The first kappa shape index (κ1) is 6.22. The van der Waals surface area contributed by atoms with E-state index in [0.717, 1.165) is 21.3 Å². The molecular formula is C8H8N2O. The van der Waals surface area contributed by atoms with E-state index in [0.29, 0.717) is 0 Å². The van der Waals surface area contributed by atoms with Gasteiger partial charge in [-0.1, -0.05) is 0 Å². The molecule has 0 atom stereocenters. The summed E-state index contributed by atoms with van der Waals surface area (Å²) >= 11 is 0. The number of aryl methyl sites for hydroxylation is 1. The predicted octanol–water partition coefficient (Wildman–Crippen LogP) is 1.58. The molecule has 0 amide bonds. The first-order chi connectivity index (χ1) is 5.29. The summed E-state index contributed by atoms with van der Waals surface area (Å²) in [4.78, 5) is 3.91. The Morgan fingerprint density at radius 3 is 3.09 bits per heavy atom. The van der Waals surface area contributed by atoms with Crippen LogP contribution in [0.4, 0.5) is 0 Å². The second-order valence-electron chi connectivity index (χ2n) is 2.53. The molecule has 0 fully saturated rings. The highest BCUT2D eigenvalue weighted by Crippen LogP contribution is 2.15. The standard InChI is InChI=1S/C8H8N2O/c1-6-4-7-2-3-9-5-8(7)10(6)11/h2-5,11H,1H3. The molecule has 0 saturated carbocycles. The fraction of sp³-hybridized carbons (Fsp3) is 0.125. The molecule has 2 aromatic heterocycles. The van der Waals surface area contributed by atoms with Crippen molar-refractivity contribution in [1.29, 1.82) is 0 Å². The van der Waals surface area contributed by atoms with Gasteiger partial charge in [0.25, 0.3) is 0 Å². The van der Waals surface area contributed by atoms with Crippen molar-refractivity contribution in [2.24, 2.45) is 0 Å². The van der Waals surface area contributed by atoms with Crippen LogP contribution < -0.4 is 0 Å². The topological polar surface area (TPSA) is 38.0 Å². The van der Waals surface area contributed by atoms with Gasteiger partial charge in [-0.05, 0) is 19.1 Å². The lowest BCUT2D eigenvalue weighted by atomic mass is 10.3. The Morgan fingerprint density at radius 1 is 1.55 bits per heavy atom. The number of fused-ring (bicyclic) bond motifs is 1. The van der Waals surface area contributed by atoms with E-state index in [2.05, 4.69) is 4.98 Å². The highest BCUT2D eigenvalue weighted by molar-refractivity contribution is 5.79. The van der Waals surface area contributed by atoms with Crippen LogP contribution in [-0.2, 0) is 0 Å². The smallest absolute Gasteiger partial charge is 0.105 e. The molecule has 0 unspecified atom stereocenters. The number of nitrogens with zero attached hydrogens (tertiary/aromatic N) is 2. The summed E-state index contributed by atoms with van der Waals surface area (Å²) < 4.78 is 1.14. The van der Waals surface area contributed by atoms with Gasteiger partial charge in [-0.25, -0.2) is 0 Å². The fourth-order valence-corrected chi connectivity index (χ4v) is 1.17. The molecule has 0 bridgehead atoms. The van der Waals surface area contributed by atoms with Gasteiger partial charge >= 0.3 is 0 Å². The molecule has 56 valence electrons. The van der Waals surface area contributed by atoms with Crippen molar-refractivity contribution in [3.05, 3.63) is 30.2 Å². The molecule has 3 nitrogen and oxygen atoms in total. The molecule has 0 aliphatic carbocycles. The lowest BCUT2D eigenvalue weighted by molar-refractivity contribution is 0.193. The average molecular weight is 148 g/mol. The quantitative estimate of drug-likeness (QED) is 0.576. The van der Waals surface area contributed by atoms with Gasteiger partial charge in [0.1, 0.15) is 5.52 Å². The maximum Gasteiger partial charge on any atom is 0.105 e. The van der Waals surface area contributed by atoms with Crippen LogP contribution in [0.2, 0.25) is 0 Å². The molecule has 11 heavy (non-hydrogen) atoms. The minimum absolute atomic E-state index is 0.755. The number of hydrogen-bond acceptors (Lipinski definition) is 2. The summed E-state index contributed by atoms with van der Waals surface area (Å²) in [7, 11) is 0. The zero-order valence-corrected chi connectivity index (χ0v) is 6.15. The van der Waals surface area contributed by atoms with Gasteiger partial charge in [-0.3, -0.25) is 4.98 Å². The Hall–Kier alpha value is -1.51. The summed E-state index contributed by atoms with van der Waals surface area (Å²) in [5.41, 5.74) is 1.58. The molecule has 2 rings (SSSR count). The third-order valence-corrected chi connectivity index (χ3v) is 1.76. The van der Waals surface area contributed by atoms with E-state index < -0.39 is 0 Å². The first-order valence-corrected chi connectivity index (χ1v) is 3.40. The molecule has 0 radical (unpaired) electrons. The van der Waals surface area contributed by atoms with Crippen molar-refractivity contribution in [2.45, 2.75) is 6.92 Å². The Labute approximate surface area is 63.9 Å². The number of hydrogen-bond donors (Lipinski definition) is 1. The van der Waals surface area contributed by atoms with Crippen LogP contribution in [0.5, 0.6) is 0 Å². The summed E-state index contributed by atoms with van der Waals surface area (Å²) in [6, 6.07) is 3.78. The van der Waals surface area contributed by atoms with Crippen molar-refractivity contribution in [3.8, 4) is 0 Å². The SMILES string of the molecule is Cc1cc2ccncc2n1O. The third kappa shape index (κ3) is 0.774. The van der Waals surface area contributed by atoms with Crippen LogP contribution in [0.1, 0.15) is 5.69 Å². The molecule has 2 heterocycles. The molecule has 0 aromatic carbocycles. The van der Waals surface area contributed by atoms with Gasteiger partial charge in [0.15, 0.2) is 0 Å². The van der Waals surface area contributed by atoms with E-state index in [1.807, 2.05) is 19.1 Å². The minimum atomic E-state index is 0.755. The summed E-state index contributed by atoms with van der Waals surface area (Å²) in [5, 5.41) is 10.4. The zero-order chi connectivity index (χ0) is 7.84. The summed E-state index contributed by atoms with van der Waals surface area (Å²) in [6.45, 7) is 1.85. The molecular weight excluding hydrogens is 140 g/mol. The maximum atomic E-state index is 9.37. The van der Waals surface area contributed by atoms with E-state index in [1.165, 1.54) is 0 Å². The van der Waals surface area contributed by atoms with Crippen molar-refractivity contribution >= 4 is 10.9 Å². The first-order valence-electron chi connectivity index (χ1n) is 3.40.